The molecule has 0 aliphatic heterocycles. The summed E-state index contributed by atoms with van der Waals surface area (Å²) in [6.07, 6.45) is 2.38. The van der Waals surface area contributed by atoms with Gasteiger partial charge in [-0.05, 0) is 54.5 Å². The Morgan fingerprint density at radius 2 is 1.56 bits per heavy atom. The predicted molar refractivity (Wildman–Crippen MR) is 113 cm³/mol. The van der Waals surface area contributed by atoms with Crippen molar-refractivity contribution in [3.8, 4) is 17.2 Å². The second-order valence-corrected chi connectivity index (χ2v) is 7.61. The number of halogens is 3. The zero-order valence-corrected chi connectivity index (χ0v) is 17.7. The molecule has 0 saturated heterocycles. The van der Waals surface area contributed by atoms with Gasteiger partial charge in [0.1, 0.15) is 28.3 Å². The highest BCUT2D eigenvalue weighted by atomic mass is 35.5. The lowest BCUT2D eigenvalue weighted by Gasteiger charge is -2.15. The molecule has 0 heterocycles. The van der Waals surface area contributed by atoms with E-state index in [-0.39, 0.29) is 4.49 Å². The molecule has 0 saturated carbocycles. The van der Waals surface area contributed by atoms with Gasteiger partial charge < -0.3 is 14.2 Å². The molecule has 0 fully saturated rings. The smallest absolute Gasteiger partial charge is 0.123 e. The molecule has 6 heteroatoms. The Morgan fingerprint density at radius 1 is 0.926 bits per heavy atom. The lowest BCUT2D eigenvalue weighted by molar-refractivity contribution is 0.247. The van der Waals surface area contributed by atoms with Crippen molar-refractivity contribution < 1.29 is 14.2 Å². The minimum atomic E-state index is 0.196. The highest BCUT2D eigenvalue weighted by Crippen LogP contribution is 2.30. The van der Waals surface area contributed by atoms with E-state index in [0.29, 0.717) is 30.8 Å². The molecule has 0 radical (unpaired) electrons. The summed E-state index contributed by atoms with van der Waals surface area (Å²) in [4.78, 5) is 0. The number of hydrogen-bond acceptors (Lipinski definition) is 3. The molecule has 27 heavy (non-hydrogen) atoms. The third kappa shape index (κ3) is 7.92. The second-order valence-electron chi connectivity index (χ2n) is 6.16. The SMILES string of the molecule is CC(C)c1cc(OCCCOc2ccc(Cl)cc2)ccc1OCC=C(Cl)Cl. The summed E-state index contributed by atoms with van der Waals surface area (Å²) in [5, 5.41) is 0.695. The average Bonchev–Trinajstić information content (AvgIpc) is 2.63. The first-order chi connectivity index (χ1) is 13.0. The maximum absolute atomic E-state index is 5.85. The molecule has 0 aromatic heterocycles. The largest absolute Gasteiger partial charge is 0.493 e. The van der Waals surface area contributed by atoms with E-state index in [4.69, 9.17) is 49.0 Å². The second kappa shape index (κ2) is 11.3. The minimum Gasteiger partial charge on any atom is -0.493 e. The van der Waals surface area contributed by atoms with E-state index in [2.05, 4.69) is 13.8 Å². The molecule has 2 rings (SSSR count). The van der Waals surface area contributed by atoms with E-state index in [9.17, 15) is 0 Å². The highest BCUT2D eigenvalue weighted by Gasteiger charge is 2.10. The Balaban J connectivity index is 1.82. The molecular weight excluding hydrogens is 407 g/mol. The van der Waals surface area contributed by atoms with Gasteiger partial charge in [-0.1, -0.05) is 48.7 Å². The highest BCUT2D eigenvalue weighted by molar-refractivity contribution is 6.55. The van der Waals surface area contributed by atoms with E-state index < -0.39 is 0 Å². The van der Waals surface area contributed by atoms with Crippen LogP contribution < -0.4 is 14.2 Å². The summed E-state index contributed by atoms with van der Waals surface area (Å²) in [6, 6.07) is 13.1. The molecule has 2 aromatic rings. The monoisotopic (exact) mass is 428 g/mol. The van der Waals surface area contributed by atoms with Crippen molar-refractivity contribution in [3.63, 3.8) is 0 Å². The van der Waals surface area contributed by atoms with Crippen LogP contribution in [0.3, 0.4) is 0 Å². The summed E-state index contributed by atoms with van der Waals surface area (Å²) >= 11 is 17.1. The zero-order chi connectivity index (χ0) is 19.6. The van der Waals surface area contributed by atoms with Crippen molar-refractivity contribution in [1.82, 2.24) is 0 Å². The Bertz CT molecular complexity index is 739. The zero-order valence-electron chi connectivity index (χ0n) is 15.4. The van der Waals surface area contributed by atoms with Crippen LogP contribution in [0.5, 0.6) is 17.2 Å². The normalized spacial score (nSPS) is 10.6. The van der Waals surface area contributed by atoms with Crippen molar-refractivity contribution >= 4 is 34.8 Å². The third-order valence-corrected chi connectivity index (χ3v) is 4.28. The Hall–Kier alpha value is -1.55. The Kier molecular flexibility index (Phi) is 9.12. The van der Waals surface area contributed by atoms with Crippen LogP contribution in [0.4, 0.5) is 0 Å². The standard InChI is InChI=1S/C21H23Cl3O3/c1-15(2)19-14-18(8-9-20(19)27-13-10-21(23)24)26-12-3-11-25-17-6-4-16(22)5-7-17/h4-10,14-15H,3,11-13H2,1-2H3. The maximum atomic E-state index is 5.85. The van der Waals surface area contributed by atoms with Crippen LogP contribution in [-0.4, -0.2) is 19.8 Å². The lowest BCUT2D eigenvalue weighted by atomic mass is 10.0. The van der Waals surface area contributed by atoms with Gasteiger partial charge in [-0.25, -0.2) is 0 Å². The summed E-state index contributed by atoms with van der Waals surface area (Å²) < 4.78 is 17.4. The van der Waals surface area contributed by atoms with Crippen LogP contribution in [0.25, 0.3) is 0 Å². The Labute approximate surface area is 175 Å². The first kappa shape index (κ1) is 21.7. The van der Waals surface area contributed by atoms with Crippen molar-refractivity contribution in [2.24, 2.45) is 0 Å². The predicted octanol–water partition coefficient (Wildman–Crippen LogP) is 7.01. The molecule has 146 valence electrons. The van der Waals surface area contributed by atoms with E-state index in [1.54, 1.807) is 18.2 Å². The van der Waals surface area contributed by atoms with Gasteiger partial charge in [0.2, 0.25) is 0 Å². The molecule has 0 amide bonds. The van der Waals surface area contributed by atoms with E-state index >= 15 is 0 Å². The van der Waals surface area contributed by atoms with Crippen molar-refractivity contribution in [3.05, 3.63) is 63.6 Å². The van der Waals surface area contributed by atoms with Crippen molar-refractivity contribution in [1.29, 1.82) is 0 Å². The van der Waals surface area contributed by atoms with E-state index in [0.717, 1.165) is 29.2 Å². The van der Waals surface area contributed by atoms with Gasteiger partial charge >= 0.3 is 0 Å². The molecular formula is C21H23Cl3O3. The third-order valence-electron chi connectivity index (χ3n) is 3.72. The van der Waals surface area contributed by atoms with E-state index in [1.165, 1.54) is 0 Å². The van der Waals surface area contributed by atoms with Gasteiger partial charge in [0.25, 0.3) is 0 Å². The van der Waals surface area contributed by atoms with Crippen LogP contribution in [0.1, 0.15) is 31.7 Å². The summed E-state index contributed by atoms with van der Waals surface area (Å²) in [7, 11) is 0. The average molecular weight is 430 g/mol. The minimum absolute atomic E-state index is 0.196. The lowest BCUT2D eigenvalue weighted by Crippen LogP contribution is -2.06. The van der Waals surface area contributed by atoms with Crippen LogP contribution in [-0.2, 0) is 0 Å². The fraction of sp³-hybridized carbons (Fsp3) is 0.333. The van der Waals surface area contributed by atoms with Gasteiger partial charge in [-0.2, -0.15) is 0 Å². The van der Waals surface area contributed by atoms with Crippen molar-refractivity contribution in [2.75, 3.05) is 19.8 Å². The summed E-state index contributed by atoms with van der Waals surface area (Å²) in [6.45, 7) is 5.68. The molecule has 0 aliphatic rings. The number of rotatable bonds is 10. The molecule has 0 spiro atoms. The fourth-order valence-electron chi connectivity index (χ4n) is 2.36. The van der Waals surface area contributed by atoms with Gasteiger partial charge in [0.15, 0.2) is 0 Å². The van der Waals surface area contributed by atoms with Gasteiger partial charge in [0, 0.05) is 17.0 Å². The molecule has 0 bridgehead atoms. The number of ether oxygens (including phenoxy) is 3. The summed E-state index contributed by atoms with van der Waals surface area (Å²) in [5.74, 6) is 2.71. The van der Waals surface area contributed by atoms with Crippen molar-refractivity contribution in [2.45, 2.75) is 26.2 Å². The molecule has 0 N–H and O–H groups in total. The topological polar surface area (TPSA) is 27.7 Å². The quantitative estimate of drug-likeness (QED) is 0.380. The molecule has 3 nitrogen and oxygen atoms in total. The van der Waals surface area contributed by atoms with Crippen LogP contribution >= 0.6 is 34.8 Å². The van der Waals surface area contributed by atoms with Gasteiger partial charge in [0.05, 0.1) is 13.2 Å². The molecule has 0 unspecified atom stereocenters. The first-order valence-electron chi connectivity index (χ1n) is 8.75. The number of benzene rings is 2. The first-order valence-corrected chi connectivity index (χ1v) is 9.88. The van der Waals surface area contributed by atoms with Gasteiger partial charge in [-0.3, -0.25) is 0 Å². The van der Waals surface area contributed by atoms with Gasteiger partial charge in [-0.15, -0.1) is 0 Å². The molecule has 2 aromatic carbocycles. The van der Waals surface area contributed by atoms with E-state index in [1.807, 2.05) is 30.3 Å². The summed E-state index contributed by atoms with van der Waals surface area (Å²) in [5.41, 5.74) is 1.07. The fourth-order valence-corrected chi connectivity index (χ4v) is 2.62. The molecule has 0 atom stereocenters. The molecule has 0 aliphatic carbocycles. The van der Waals surface area contributed by atoms with Crippen LogP contribution in [0, 0.1) is 0 Å². The maximum Gasteiger partial charge on any atom is 0.123 e. The number of hydrogen-bond donors (Lipinski definition) is 0. The Morgan fingerprint density at radius 3 is 2.19 bits per heavy atom. The van der Waals surface area contributed by atoms with Crippen LogP contribution in [0.15, 0.2) is 53.0 Å². The van der Waals surface area contributed by atoms with Crippen LogP contribution in [0.2, 0.25) is 5.02 Å².